The zero-order chi connectivity index (χ0) is 10.3. The Morgan fingerprint density at radius 2 is 2.00 bits per heavy atom. The lowest BCUT2D eigenvalue weighted by atomic mass is 10.7. The van der Waals surface area contributed by atoms with Crippen molar-refractivity contribution in [3.8, 4) is 0 Å². The summed E-state index contributed by atoms with van der Waals surface area (Å²) in [5, 5.41) is 0. The van der Waals surface area contributed by atoms with Crippen LogP contribution in [0.1, 0.15) is 0 Å². The molecule has 0 unspecified atom stereocenters. The Hall–Kier alpha value is -0.103. The van der Waals surface area contributed by atoms with Gasteiger partial charge < -0.3 is 4.74 Å². The molecule has 0 aromatic heterocycles. The van der Waals surface area contributed by atoms with Crippen molar-refractivity contribution < 1.29 is 18.9 Å². The monoisotopic (exact) mass is 226 g/mol. The van der Waals surface area contributed by atoms with Crippen LogP contribution in [0.15, 0.2) is 0 Å². The smallest absolute Gasteiger partial charge is 0.335 e. The van der Waals surface area contributed by atoms with E-state index >= 15 is 0 Å². The maximum Gasteiger partial charge on any atom is 0.335 e. The number of esters is 1. The number of hydrogen-bond donors (Lipinski definition) is 0. The van der Waals surface area contributed by atoms with Crippen molar-refractivity contribution in [2.75, 3.05) is 13.2 Å². The van der Waals surface area contributed by atoms with Gasteiger partial charge in [-0.1, -0.05) is 19.6 Å². The summed E-state index contributed by atoms with van der Waals surface area (Å²) in [5.74, 6) is -0.459. The number of ether oxygens (including phenoxy) is 1. The third-order valence-electron chi connectivity index (χ3n) is 1.34. The maximum absolute atomic E-state index is 10.8. The van der Waals surface area contributed by atoms with Gasteiger partial charge in [0.05, 0.1) is 18.5 Å². The molecule has 0 radical (unpaired) electrons. The van der Waals surface area contributed by atoms with E-state index in [1.165, 1.54) is 0 Å². The van der Waals surface area contributed by atoms with E-state index in [9.17, 15) is 4.79 Å². The fourth-order valence-electron chi connectivity index (χ4n) is 0.583. The fraction of sp³-hybridized carbons (Fsp3) is 0.857. The Kier molecular flexibility index (Phi) is 6.32. The highest BCUT2D eigenvalue weighted by molar-refractivity contribution is 6.76. The molecule has 0 bridgehead atoms. The van der Waals surface area contributed by atoms with E-state index in [0.29, 0.717) is 6.61 Å². The minimum Gasteiger partial charge on any atom is -0.464 e. The van der Waals surface area contributed by atoms with Crippen molar-refractivity contribution in [1.29, 1.82) is 0 Å². The summed E-state index contributed by atoms with van der Waals surface area (Å²) in [6.45, 7) is 6.80. The summed E-state index contributed by atoms with van der Waals surface area (Å²) in [5.41, 5.74) is 0. The van der Waals surface area contributed by atoms with Gasteiger partial charge in [-0.15, -0.1) is 4.44 Å². The van der Waals surface area contributed by atoms with Gasteiger partial charge >= 0.3 is 5.97 Å². The van der Waals surface area contributed by atoms with Crippen LogP contribution < -0.4 is 0 Å². The first-order valence-electron chi connectivity index (χ1n) is 4.01. The number of carbonyl (C=O) groups is 1. The third-order valence-corrected chi connectivity index (χ3v) is 3.13. The molecule has 0 heterocycles. The van der Waals surface area contributed by atoms with Crippen molar-refractivity contribution in [3.05, 3.63) is 0 Å². The van der Waals surface area contributed by atoms with Gasteiger partial charge in [0.15, 0.2) is 6.61 Å². The van der Waals surface area contributed by atoms with Gasteiger partial charge in [0.25, 0.3) is 0 Å². The van der Waals surface area contributed by atoms with Crippen LogP contribution in [0.4, 0.5) is 0 Å². The van der Waals surface area contributed by atoms with Crippen molar-refractivity contribution in [2.24, 2.45) is 0 Å². The molecule has 4 nitrogen and oxygen atoms in total. The molecule has 0 aliphatic rings. The first-order chi connectivity index (χ1) is 5.95. The lowest BCUT2D eigenvalue weighted by Gasteiger charge is -2.14. The van der Waals surface area contributed by atoms with E-state index in [4.69, 9.17) is 16.6 Å². The summed E-state index contributed by atoms with van der Waals surface area (Å²) in [6, 6.07) is 0.945. The molecule has 0 fully saturated rings. The SMILES string of the molecule is C[Si](C)(C)CCOC(=O)COOCl. The number of carbonyl (C=O) groups excluding carboxylic acids is 1. The molecule has 0 aliphatic heterocycles. The summed E-state index contributed by atoms with van der Waals surface area (Å²) >= 11 is 4.73. The third kappa shape index (κ3) is 9.81. The fourth-order valence-corrected chi connectivity index (χ4v) is 1.34. The van der Waals surface area contributed by atoms with Gasteiger partial charge in [-0.05, 0) is 6.04 Å². The van der Waals surface area contributed by atoms with E-state index in [1.807, 2.05) is 0 Å². The molecule has 0 saturated carbocycles. The molecule has 0 rings (SSSR count). The largest absolute Gasteiger partial charge is 0.464 e. The minimum atomic E-state index is -1.13. The Balaban J connectivity index is 3.37. The van der Waals surface area contributed by atoms with Gasteiger partial charge in [-0.2, -0.15) is 0 Å². The van der Waals surface area contributed by atoms with Gasteiger partial charge in [0.1, 0.15) is 0 Å². The quantitative estimate of drug-likeness (QED) is 0.301. The normalized spacial score (nSPS) is 11.4. The van der Waals surface area contributed by atoms with Gasteiger partial charge in [-0.25, -0.2) is 9.68 Å². The van der Waals surface area contributed by atoms with Crippen molar-refractivity contribution in [3.63, 3.8) is 0 Å². The van der Waals surface area contributed by atoms with Crippen molar-refractivity contribution >= 4 is 25.9 Å². The van der Waals surface area contributed by atoms with E-state index in [1.54, 1.807) is 0 Å². The summed E-state index contributed by atoms with van der Waals surface area (Å²) < 4.78 is 8.59. The minimum absolute atomic E-state index is 0.269. The molecular formula is C7H15ClO4Si. The lowest BCUT2D eigenvalue weighted by molar-refractivity contribution is -0.213. The Morgan fingerprint density at radius 3 is 2.46 bits per heavy atom. The molecule has 0 aromatic rings. The molecule has 0 aliphatic carbocycles. The number of halogens is 1. The number of rotatable bonds is 6. The zero-order valence-corrected chi connectivity index (χ0v) is 9.89. The summed E-state index contributed by atoms with van der Waals surface area (Å²) in [4.78, 5) is 15.0. The highest BCUT2D eigenvalue weighted by Gasteiger charge is 2.13. The Bertz CT molecular complexity index is 157. The van der Waals surface area contributed by atoms with Gasteiger partial charge in [0, 0.05) is 8.07 Å². The van der Waals surface area contributed by atoms with Crippen LogP contribution in [0.2, 0.25) is 25.7 Å². The van der Waals surface area contributed by atoms with E-state index in [2.05, 4.69) is 29.0 Å². The average Bonchev–Trinajstić information content (AvgIpc) is 1.98. The van der Waals surface area contributed by atoms with Crippen LogP contribution in [0.25, 0.3) is 0 Å². The Labute approximate surface area is 84.2 Å². The van der Waals surface area contributed by atoms with Crippen LogP contribution in [0, 0.1) is 0 Å². The molecule has 13 heavy (non-hydrogen) atoms. The molecule has 0 N–H and O–H groups in total. The van der Waals surface area contributed by atoms with Gasteiger partial charge in [0.2, 0.25) is 0 Å². The topological polar surface area (TPSA) is 44.8 Å². The van der Waals surface area contributed by atoms with E-state index in [0.717, 1.165) is 6.04 Å². The summed E-state index contributed by atoms with van der Waals surface area (Å²) in [6.07, 6.45) is 0. The first-order valence-corrected chi connectivity index (χ1v) is 8.03. The maximum atomic E-state index is 10.8. The lowest BCUT2D eigenvalue weighted by Crippen LogP contribution is -2.23. The van der Waals surface area contributed by atoms with Crippen LogP contribution in [-0.4, -0.2) is 27.3 Å². The molecule has 78 valence electrons. The molecule has 0 saturated heterocycles. The molecule has 0 aromatic carbocycles. The van der Waals surface area contributed by atoms with Crippen molar-refractivity contribution in [1.82, 2.24) is 0 Å². The second-order valence-corrected chi connectivity index (χ2v) is 9.60. The van der Waals surface area contributed by atoms with Crippen molar-refractivity contribution in [2.45, 2.75) is 25.7 Å². The van der Waals surface area contributed by atoms with Crippen LogP contribution in [0.3, 0.4) is 0 Å². The first kappa shape index (κ1) is 12.9. The highest BCUT2D eigenvalue weighted by atomic mass is 35.5. The van der Waals surface area contributed by atoms with Crippen LogP contribution in [0.5, 0.6) is 0 Å². The van der Waals surface area contributed by atoms with Crippen LogP contribution >= 0.6 is 11.9 Å². The van der Waals surface area contributed by atoms with Crippen LogP contribution in [-0.2, 0) is 18.9 Å². The molecule has 0 amide bonds. The molecular weight excluding hydrogens is 212 g/mol. The Morgan fingerprint density at radius 1 is 1.38 bits per heavy atom. The van der Waals surface area contributed by atoms with E-state index < -0.39 is 14.0 Å². The predicted molar refractivity (Wildman–Crippen MR) is 52.0 cm³/mol. The molecule has 0 atom stereocenters. The zero-order valence-electron chi connectivity index (χ0n) is 8.13. The average molecular weight is 227 g/mol. The standard InChI is InChI=1S/C7H15ClO4Si/c1-13(2,3)5-4-10-7(9)6-11-12-8/h4-6H2,1-3H3. The predicted octanol–water partition coefficient (Wildman–Crippen LogP) is 1.97. The molecule has 6 heteroatoms. The summed E-state index contributed by atoms with van der Waals surface area (Å²) in [7, 11) is -1.13. The molecule has 0 spiro atoms. The van der Waals surface area contributed by atoms with Gasteiger partial charge in [-0.3, -0.25) is 0 Å². The second-order valence-electron chi connectivity index (χ2n) is 3.86. The van der Waals surface area contributed by atoms with E-state index in [-0.39, 0.29) is 6.61 Å². The highest BCUT2D eigenvalue weighted by Crippen LogP contribution is 2.07. The second kappa shape index (κ2) is 6.37. The number of hydrogen-bond acceptors (Lipinski definition) is 4.